The van der Waals surface area contributed by atoms with Gasteiger partial charge in [-0.3, -0.25) is 9.78 Å². The second kappa shape index (κ2) is 5.33. The first kappa shape index (κ1) is 12.6. The van der Waals surface area contributed by atoms with E-state index < -0.39 is 14.9 Å². The van der Waals surface area contributed by atoms with E-state index >= 15 is 0 Å². The second-order valence-electron chi connectivity index (χ2n) is 2.86. The lowest BCUT2D eigenvalue weighted by molar-refractivity contribution is -0.136. The van der Waals surface area contributed by atoms with Gasteiger partial charge in [-0.2, -0.15) is 0 Å². The van der Waals surface area contributed by atoms with E-state index in [1.807, 2.05) is 13.8 Å². The molecule has 0 heterocycles. The first-order chi connectivity index (χ1) is 5.95. The smallest absolute Gasteiger partial charge is 0.462 e. The minimum atomic E-state index is -2.97. The molecule has 6 heteroatoms. The Kier molecular flexibility index (Phi) is 5.15. The summed E-state index contributed by atoms with van der Waals surface area (Å²) in [7, 11) is -0.0643. The minimum Gasteiger partial charge on any atom is -0.462 e. The van der Waals surface area contributed by atoms with Crippen molar-refractivity contribution in [1.82, 2.24) is 4.98 Å². The molecule has 0 unspecified atom stereocenters. The van der Waals surface area contributed by atoms with Crippen LogP contribution in [0, 0.1) is 0 Å². The highest BCUT2D eigenvalue weighted by atomic mass is 28.4. The molecular weight excluding hydrogens is 190 g/mol. The molecule has 0 aliphatic rings. The zero-order valence-corrected chi connectivity index (χ0v) is 9.71. The zero-order chi connectivity index (χ0) is 10.5. The molecule has 5 nitrogen and oxygen atoms in total. The summed E-state index contributed by atoms with van der Waals surface area (Å²) in [5.74, 6) is -0.413. The van der Waals surface area contributed by atoms with Crippen molar-refractivity contribution in [1.29, 1.82) is 0 Å². The molecule has 0 atom stereocenters. The van der Waals surface area contributed by atoms with E-state index in [0.29, 0.717) is 0 Å². The summed E-state index contributed by atoms with van der Waals surface area (Å²) in [5.41, 5.74) is 0. The summed E-state index contributed by atoms with van der Waals surface area (Å²) >= 11 is 0. The van der Waals surface area contributed by atoms with Crippen molar-refractivity contribution in [2.75, 3.05) is 14.2 Å². The van der Waals surface area contributed by atoms with Gasteiger partial charge in [0.25, 0.3) is 5.97 Å². The normalized spacial score (nSPS) is 11.8. The Balaban J connectivity index is 4.39. The van der Waals surface area contributed by atoms with Gasteiger partial charge in [0.2, 0.25) is 0 Å². The van der Waals surface area contributed by atoms with Crippen LogP contribution in [0.1, 0.15) is 20.8 Å². The molecule has 0 spiro atoms. The Morgan fingerprint density at radius 2 is 1.77 bits per heavy atom. The van der Waals surface area contributed by atoms with Crippen LogP contribution < -0.4 is 4.98 Å². The van der Waals surface area contributed by atoms with Gasteiger partial charge in [-0.15, -0.1) is 0 Å². The van der Waals surface area contributed by atoms with Crippen molar-refractivity contribution in [2.45, 2.75) is 26.8 Å². The molecule has 1 N–H and O–H groups in total. The molecule has 0 rings (SSSR count). The topological polar surface area (TPSA) is 56.8 Å². The molecule has 0 amide bonds. The standard InChI is InChI=1S/C7H17NO4Si/c1-6(2)8-13(10-4,11-5)12-7(3)9/h6,8H,1-5H3. The maximum absolute atomic E-state index is 10.8. The van der Waals surface area contributed by atoms with Gasteiger partial charge in [-0.05, 0) is 0 Å². The van der Waals surface area contributed by atoms with Crippen molar-refractivity contribution in [2.24, 2.45) is 0 Å². The predicted molar refractivity (Wildman–Crippen MR) is 49.8 cm³/mol. The molecular formula is C7H17NO4Si. The SMILES string of the molecule is CO[Si](NC(C)C)(OC)OC(C)=O. The van der Waals surface area contributed by atoms with Crippen molar-refractivity contribution in [3.63, 3.8) is 0 Å². The molecule has 0 aromatic heterocycles. The molecule has 0 aromatic rings. The Hall–Kier alpha value is -0.433. The number of rotatable bonds is 5. The summed E-state index contributed by atoms with van der Waals surface area (Å²) in [6.07, 6.45) is 0. The fraction of sp³-hybridized carbons (Fsp3) is 0.857. The van der Waals surface area contributed by atoms with Gasteiger partial charge in [0.05, 0.1) is 0 Å². The molecule has 0 aliphatic carbocycles. The summed E-state index contributed by atoms with van der Waals surface area (Å²) in [6, 6.07) is 0.130. The molecule has 0 bridgehead atoms. The number of hydrogen-bond donors (Lipinski definition) is 1. The van der Waals surface area contributed by atoms with Crippen molar-refractivity contribution in [3.8, 4) is 0 Å². The highest BCUT2D eigenvalue weighted by Gasteiger charge is 2.44. The van der Waals surface area contributed by atoms with Crippen molar-refractivity contribution >= 4 is 14.9 Å². The van der Waals surface area contributed by atoms with E-state index in [-0.39, 0.29) is 6.04 Å². The minimum absolute atomic E-state index is 0.130. The highest BCUT2D eigenvalue weighted by Crippen LogP contribution is 2.04. The third-order valence-corrected chi connectivity index (χ3v) is 3.84. The Morgan fingerprint density at radius 1 is 1.31 bits per heavy atom. The summed E-state index contributed by atoms with van der Waals surface area (Å²) in [6.45, 7) is 5.16. The van der Waals surface area contributed by atoms with Crippen molar-refractivity contribution in [3.05, 3.63) is 0 Å². The summed E-state index contributed by atoms with van der Waals surface area (Å²) in [5, 5.41) is 0. The van der Waals surface area contributed by atoms with Crippen LogP contribution in [-0.4, -0.2) is 35.2 Å². The fourth-order valence-electron chi connectivity index (χ4n) is 0.857. The average molecular weight is 207 g/mol. The molecule has 0 radical (unpaired) electrons. The first-order valence-electron chi connectivity index (χ1n) is 4.03. The van der Waals surface area contributed by atoms with E-state index in [9.17, 15) is 4.79 Å². The van der Waals surface area contributed by atoms with Crippen LogP contribution >= 0.6 is 0 Å². The lowest BCUT2D eigenvalue weighted by atomic mass is 10.4. The van der Waals surface area contributed by atoms with Crippen LogP contribution in [0.2, 0.25) is 0 Å². The van der Waals surface area contributed by atoms with Crippen LogP contribution in [0.5, 0.6) is 0 Å². The number of carbonyl (C=O) groups is 1. The molecule has 0 saturated carbocycles. The third kappa shape index (κ3) is 4.37. The quantitative estimate of drug-likeness (QED) is 0.656. The lowest BCUT2D eigenvalue weighted by Gasteiger charge is -2.26. The average Bonchev–Trinajstić information content (AvgIpc) is 2.01. The number of nitrogens with one attached hydrogen (secondary N) is 1. The first-order valence-corrected chi connectivity index (χ1v) is 5.76. The molecule has 13 heavy (non-hydrogen) atoms. The van der Waals surface area contributed by atoms with E-state index in [1.54, 1.807) is 0 Å². The second-order valence-corrected chi connectivity index (χ2v) is 5.28. The molecule has 0 fully saturated rings. The van der Waals surface area contributed by atoms with Gasteiger partial charge in [0.15, 0.2) is 0 Å². The van der Waals surface area contributed by atoms with E-state index in [4.69, 9.17) is 13.3 Å². The maximum Gasteiger partial charge on any atom is 0.666 e. The molecule has 0 aliphatic heterocycles. The van der Waals surface area contributed by atoms with E-state index in [1.165, 1.54) is 21.1 Å². The van der Waals surface area contributed by atoms with Crippen LogP contribution in [0.3, 0.4) is 0 Å². The largest absolute Gasteiger partial charge is 0.666 e. The van der Waals surface area contributed by atoms with Gasteiger partial charge < -0.3 is 13.3 Å². The molecule has 78 valence electrons. The highest BCUT2D eigenvalue weighted by molar-refractivity contribution is 6.59. The fourth-order valence-corrected chi connectivity index (χ4v) is 2.57. The van der Waals surface area contributed by atoms with Crippen LogP contribution in [-0.2, 0) is 18.1 Å². The van der Waals surface area contributed by atoms with Gasteiger partial charge in [-0.1, -0.05) is 13.8 Å². The number of hydrogen-bond acceptors (Lipinski definition) is 5. The Morgan fingerprint density at radius 3 is 2.00 bits per heavy atom. The Bertz CT molecular complexity index is 170. The van der Waals surface area contributed by atoms with Gasteiger partial charge in [-0.25, -0.2) is 0 Å². The lowest BCUT2D eigenvalue weighted by Crippen LogP contribution is -2.60. The Labute approximate surface area is 79.8 Å². The number of carbonyl (C=O) groups excluding carboxylic acids is 1. The monoisotopic (exact) mass is 207 g/mol. The van der Waals surface area contributed by atoms with Crippen LogP contribution in [0.25, 0.3) is 0 Å². The third-order valence-electron chi connectivity index (χ3n) is 1.28. The van der Waals surface area contributed by atoms with E-state index in [0.717, 1.165) is 0 Å². The van der Waals surface area contributed by atoms with Gasteiger partial charge in [0, 0.05) is 27.2 Å². The van der Waals surface area contributed by atoms with Crippen LogP contribution in [0.4, 0.5) is 0 Å². The van der Waals surface area contributed by atoms with Crippen LogP contribution in [0.15, 0.2) is 0 Å². The summed E-state index contributed by atoms with van der Waals surface area (Å²) < 4.78 is 15.1. The van der Waals surface area contributed by atoms with Gasteiger partial charge in [0.1, 0.15) is 0 Å². The maximum atomic E-state index is 10.8. The molecule has 0 saturated heterocycles. The van der Waals surface area contributed by atoms with Crippen molar-refractivity contribution < 1.29 is 18.1 Å². The summed E-state index contributed by atoms with van der Waals surface area (Å²) in [4.78, 5) is 13.7. The zero-order valence-electron chi connectivity index (χ0n) is 8.71. The van der Waals surface area contributed by atoms with Gasteiger partial charge >= 0.3 is 8.97 Å². The molecule has 0 aromatic carbocycles. The van der Waals surface area contributed by atoms with E-state index in [2.05, 4.69) is 4.98 Å². The predicted octanol–water partition coefficient (Wildman–Crippen LogP) is 0.276.